The second kappa shape index (κ2) is 6.64. The van der Waals surface area contributed by atoms with Gasteiger partial charge in [0, 0.05) is 24.3 Å². The summed E-state index contributed by atoms with van der Waals surface area (Å²) in [5.41, 5.74) is 9.46. The van der Waals surface area contributed by atoms with Gasteiger partial charge in [-0.2, -0.15) is 0 Å². The monoisotopic (exact) mass is 302 g/mol. The summed E-state index contributed by atoms with van der Waals surface area (Å²) in [4.78, 5) is 13.9. The van der Waals surface area contributed by atoms with Crippen LogP contribution in [0.15, 0.2) is 42.5 Å². The SMILES string of the molecule is Cc1ccc(CC(=O)N(C)Cc2cc(N)ccc2Cl)cc1. The maximum Gasteiger partial charge on any atom is 0.227 e. The van der Waals surface area contributed by atoms with Crippen molar-refractivity contribution >= 4 is 23.2 Å². The lowest BCUT2D eigenvalue weighted by molar-refractivity contribution is -0.129. The summed E-state index contributed by atoms with van der Waals surface area (Å²) >= 11 is 6.13. The van der Waals surface area contributed by atoms with E-state index in [4.69, 9.17) is 17.3 Å². The number of carbonyl (C=O) groups excluding carboxylic acids is 1. The zero-order valence-corrected chi connectivity index (χ0v) is 13.0. The van der Waals surface area contributed by atoms with Crippen LogP contribution in [0.3, 0.4) is 0 Å². The number of anilines is 1. The maximum absolute atomic E-state index is 12.2. The molecule has 0 fully saturated rings. The van der Waals surface area contributed by atoms with E-state index in [1.165, 1.54) is 5.56 Å². The molecule has 3 nitrogen and oxygen atoms in total. The Morgan fingerprint density at radius 3 is 2.52 bits per heavy atom. The van der Waals surface area contributed by atoms with Crippen LogP contribution < -0.4 is 5.73 Å². The first-order valence-corrected chi connectivity index (χ1v) is 7.17. The van der Waals surface area contributed by atoms with E-state index in [1.54, 1.807) is 30.1 Å². The lowest BCUT2D eigenvalue weighted by Gasteiger charge is -2.18. The molecule has 2 rings (SSSR count). The summed E-state index contributed by atoms with van der Waals surface area (Å²) in [6.45, 7) is 2.48. The fraction of sp³-hybridized carbons (Fsp3) is 0.235. The zero-order valence-electron chi connectivity index (χ0n) is 12.3. The molecule has 4 heteroatoms. The third-order valence-electron chi connectivity index (χ3n) is 3.38. The van der Waals surface area contributed by atoms with Crippen LogP contribution >= 0.6 is 11.6 Å². The number of nitrogens with zero attached hydrogens (tertiary/aromatic N) is 1. The lowest BCUT2D eigenvalue weighted by Crippen LogP contribution is -2.27. The van der Waals surface area contributed by atoms with Crippen molar-refractivity contribution in [1.29, 1.82) is 0 Å². The standard InChI is InChI=1S/C17H19ClN2O/c1-12-3-5-13(6-4-12)9-17(21)20(2)11-14-10-15(19)7-8-16(14)18/h3-8,10H,9,11,19H2,1-2H3. The topological polar surface area (TPSA) is 46.3 Å². The van der Waals surface area contributed by atoms with Gasteiger partial charge in [-0.1, -0.05) is 41.4 Å². The Kier molecular flexibility index (Phi) is 4.86. The molecule has 2 aromatic carbocycles. The molecule has 1 amide bonds. The highest BCUT2D eigenvalue weighted by Crippen LogP contribution is 2.20. The van der Waals surface area contributed by atoms with Gasteiger partial charge in [0.2, 0.25) is 5.91 Å². The molecule has 0 saturated carbocycles. The molecule has 0 bridgehead atoms. The smallest absolute Gasteiger partial charge is 0.227 e. The maximum atomic E-state index is 12.2. The molecular weight excluding hydrogens is 284 g/mol. The van der Waals surface area contributed by atoms with Crippen LogP contribution in [-0.4, -0.2) is 17.9 Å². The van der Waals surface area contributed by atoms with E-state index >= 15 is 0 Å². The number of rotatable bonds is 4. The molecule has 0 heterocycles. The predicted octanol–water partition coefficient (Wildman–Crippen LogP) is 3.43. The van der Waals surface area contributed by atoms with Crippen molar-refractivity contribution in [2.75, 3.05) is 12.8 Å². The number of hydrogen-bond acceptors (Lipinski definition) is 2. The fourth-order valence-electron chi connectivity index (χ4n) is 2.08. The fourth-order valence-corrected chi connectivity index (χ4v) is 2.25. The summed E-state index contributed by atoms with van der Waals surface area (Å²) < 4.78 is 0. The van der Waals surface area contributed by atoms with Gasteiger partial charge in [0.25, 0.3) is 0 Å². The number of nitrogen functional groups attached to an aromatic ring is 1. The average Bonchev–Trinajstić information content (AvgIpc) is 2.45. The first-order valence-electron chi connectivity index (χ1n) is 6.79. The van der Waals surface area contributed by atoms with E-state index in [0.29, 0.717) is 23.7 Å². The molecule has 110 valence electrons. The number of carbonyl (C=O) groups is 1. The number of halogens is 1. The quantitative estimate of drug-likeness (QED) is 0.880. The van der Waals surface area contributed by atoms with E-state index in [2.05, 4.69) is 0 Å². The number of amides is 1. The summed E-state index contributed by atoms with van der Waals surface area (Å²) in [5.74, 6) is 0.0531. The zero-order chi connectivity index (χ0) is 15.4. The van der Waals surface area contributed by atoms with Crippen molar-refractivity contribution in [2.24, 2.45) is 0 Å². The van der Waals surface area contributed by atoms with Gasteiger partial charge in [-0.15, -0.1) is 0 Å². The van der Waals surface area contributed by atoms with Crippen molar-refractivity contribution in [2.45, 2.75) is 19.9 Å². The highest BCUT2D eigenvalue weighted by atomic mass is 35.5. The summed E-state index contributed by atoms with van der Waals surface area (Å²) in [5, 5.41) is 0.624. The van der Waals surface area contributed by atoms with Crippen LogP contribution in [0.5, 0.6) is 0 Å². The number of nitrogens with two attached hydrogens (primary N) is 1. The molecule has 0 atom stereocenters. The Morgan fingerprint density at radius 2 is 1.86 bits per heavy atom. The largest absolute Gasteiger partial charge is 0.399 e. The van der Waals surface area contributed by atoms with Gasteiger partial charge < -0.3 is 10.6 Å². The second-order valence-electron chi connectivity index (χ2n) is 5.26. The van der Waals surface area contributed by atoms with Crippen molar-refractivity contribution in [1.82, 2.24) is 4.90 Å². The third-order valence-corrected chi connectivity index (χ3v) is 3.75. The Balaban J connectivity index is 2.02. The van der Waals surface area contributed by atoms with Crippen LogP contribution in [0.1, 0.15) is 16.7 Å². The average molecular weight is 303 g/mol. The van der Waals surface area contributed by atoms with E-state index < -0.39 is 0 Å². The molecule has 0 radical (unpaired) electrons. The molecule has 0 spiro atoms. The molecule has 0 aliphatic carbocycles. The van der Waals surface area contributed by atoms with Crippen LogP contribution in [-0.2, 0) is 17.8 Å². The Hall–Kier alpha value is -2.00. The van der Waals surface area contributed by atoms with Gasteiger partial charge in [0.05, 0.1) is 6.42 Å². The van der Waals surface area contributed by atoms with Crippen LogP contribution in [0, 0.1) is 6.92 Å². The van der Waals surface area contributed by atoms with E-state index in [0.717, 1.165) is 11.1 Å². The number of likely N-dealkylation sites (N-methyl/N-ethyl adjacent to an activating group) is 1. The lowest BCUT2D eigenvalue weighted by atomic mass is 10.1. The predicted molar refractivity (Wildman–Crippen MR) is 87.2 cm³/mol. The highest BCUT2D eigenvalue weighted by Gasteiger charge is 2.12. The van der Waals surface area contributed by atoms with Gasteiger partial charge in [0.1, 0.15) is 0 Å². The molecule has 0 saturated heterocycles. The minimum absolute atomic E-state index is 0.0531. The molecule has 2 aromatic rings. The van der Waals surface area contributed by atoms with Crippen LogP contribution in [0.2, 0.25) is 5.02 Å². The van der Waals surface area contributed by atoms with Crippen molar-refractivity contribution in [3.8, 4) is 0 Å². The van der Waals surface area contributed by atoms with Crippen LogP contribution in [0.4, 0.5) is 5.69 Å². The molecule has 21 heavy (non-hydrogen) atoms. The van der Waals surface area contributed by atoms with E-state index in [9.17, 15) is 4.79 Å². The second-order valence-corrected chi connectivity index (χ2v) is 5.67. The molecule has 0 aromatic heterocycles. The van der Waals surface area contributed by atoms with E-state index in [-0.39, 0.29) is 5.91 Å². The summed E-state index contributed by atoms with van der Waals surface area (Å²) in [6.07, 6.45) is 0.386. The van der Waals surface area contributed by atoms with E-state index in [1.807, 2.05) is 31.2 Å². The summed E-state index contributed by atoms with van der Waals surface area (Å²) in [6, 6.07) is 13.3. The normalized spacial score (nSPS) is 10.4. The third kappa shape index (κ3) is 4.23. The number of aryl methyl sites for hydroxylation is 1. The Morgan fingerprint density at radius 1 is 1.19 bits per heavy atom. The van der Waals surface area contributed by atoms with Gasteiger partial charge in [-0.05, 0) is 36.2 Å². The van der Waals surface area contributed by atoms with Crippen molar-refractivity contribution in [3.05, 3.63) is 64.2 Å². The minimum atomic E-state index is 0.0531. The molecule has 0 unspecified atom stereocenters. The first kappa shape index (κ1) is 15.4. The molecule has 0 aliphatic rings. The van der Waals surface area contributed by atoms with Gasteiger partial charge in [-0.25, -0.2) is 0 Å². The molecule has 0 aliphatic heterocycles. The van der Waals surface area contributed by atoms with Crippen molar-refractivity contribution in [3.63, 3.8) is 0 Å². The number of benzene rings is 2. The summed E-state index contributed by atoms with van der Waals surface area (Å²) in [7, 11) is 1.77. The Labute approximate surface area is 130 Å². The first-order chi connectivity index (χ1) is 9.95. The Bertz CT molecular complexity index is 638. The van der Waals surface area contributed by atoms with Gasteiger partial charge >= 0.3 is 0 Å². The van der Waals surface area contributed by atoms with Crippen LogP contribution in [0.25, 0.3) is 0 Å². The number of hydrogen-bond donors (Lipinski definition) is 1. The van der Waals surface area contributed by atoms with Gasteiger partial charge in [-0.3, -0.25) is 4.79 Å². The molecule has 2 N–H and O–H groups in total. The molecular formula is C17H19ClN2O. The van der Waals surface area contributed by atoms with Crippen molar-refractivity contribution < 1.29 is 4.79 Å². The minimum Gasteiger partial charge on any atom is -0.399 e. The highest BCUT2D eigenvalue weighted by molar-refractivity contribution is 6.31. The van der Waals surface area contributed by atoms with Gasteiger partial charge in [0.15, 0.2) is 0 Å².